The molecule has 112 valence electrons. The molecule has 1 aromatic rings. The number of carbonyl (C=O) groups is 2. The van der Waals surface area contributed by atoms with Gasteiger partial charge in [0.1, 0.15) is 11.7 Å². The van der Waals surface area contributed by atoms with E-state index in [2.05, 4.69) is 10.3 Å². The minimum Gasteiger partial charge on any atom is -0.467 e. The van der Waals surface area contributed by atoms with Gasteiger partial charge in [-0.1, -0.05) is 16.6 Å². The van der Waals surface area contributed by atoms with Gasteiger partial charge in [-0.25, -0.2) is 4.79 Å². The molecule has 1 unspecified atom stereocenters. The van der Waals surface area contributed by atoms with Crippen molar-refractivity contribution in [1.82, 2.24) is 5.32 Å². The zero-order valence-electron chi connectivity index (χ0n) is 11.5. The fraction of sp³-hybridized carbons (Fsp3) is 0.200. The fourth-order valence-corrected chi connectivity index (χ4v) is 2.38. The molecule has 0 saturated heterocycles. The first kappa shape index (κ1) is 14.5. The van der Waals surface area contributed by atoms with Crippen LogP contribution in [0.3, 0.4) is 0 Å². The molecular weight excluding hydrogens is 306 g/mol. The summed E-state index contributed by atoms with van der Waals surface area (Å²) in [6.45, 7) is 0.183. The Kier molecular flexibility index (Phi) is 4.02. The summed E-state index contributed by atoms with van der Waals surface area (Å²) in [4.78, 5) is 28.4. The van der Waals surface area contributed by atoms with E-state index in [1.165, 1.54) is 17.2 Å². The van der Waals surface area contributed by atoms with Crippen LogP contribution < -0.4 is 5.32 Å². The third kappa shape index (κ3) is 3.07. The normalized spacial score (nSPS) is 20.0. The van der Waals surface area contributed by atoms with Gasteiger partial charge in [-0.15, -0.1) is 0 Å². The number of carbonyl (C=O) groups excluding carboxylic acids is 2. The highest BCUT2D eigenvalue weighted by atomic mass is 35.5. The summed E-state index contributed by atoms with van der Waals surface area (Å²) < 4.78 is 6.41. The number of aliphatic imine (C=N–C) groups is 1. The predicted octanol–water partition coefficient (Wildman–Crippen LogP) is 1.23. The van der Waals surface area contributed by atoms with Gasteiger partial charge in [0.05, 0.1) is 12.8 Å². The van der Waals surface area contributed by atoms with E-state index in [0.717, 1.165) is 0 Å². The first-order valence-electron chi connectivity index (χ1n) is 6.69. The molecule has 0 fully saturated rings. The monoisotopic (exact) mass is 318 g/mol. The Balaban J connectivity index is 1.64. The molecule has 0 saturated carbocycles. The number of furan rings is 1. The topological polar surface area (TPSA) is 74.7 Å². The maximum Gasteiger partial charge on any atom is 0.325 e. The average molecular weight is 319 g/mol. The van der Waals surface area contributed by atoms with Gasteiger partial charge >= 0.3 is 5.91 Å². The molecule has 2 aliphatic rings. The lowest BCUT2D eigenvalue weighted by Gasteiger charge is -2.15. The van der Waals surface area contributed by atoms with Gasteiger partial charge in [0.25, 0.3) is 12.2 Å². The number of nitrogens with one attached hydrogen (secondary N) is 1. The fourth-order valence-electron chi connectivity index (χ4n) is 2.19. The van der Waals surface area contributed by atoms with Crippen molar-refractivity contribution < 1.29 is 18.6 Å². The second kappa shape index (κ2) is 6.11. The first-order chi connectivity index (χ1) is 10.6. The van der Waals surface area contributed by atoms with Gasteiger partial charge in [0.15, 0.2) is 12.3 Å². The standard InChI is InChI=1S/C15H12ClN3O3/c16-10-3-4-13-12(6-10)15(21)19(9-18-13)8-14(20)17-7-11-2-1-5-22-11/h1-6,9,12H,7-8H2/p+1. The van der Waals surface area contributed by atoms with Crippen LogP contribution in [0.2, 0.25) is 0 Å². The van der Waals surface area contributed by atoms with Gasteiger partial charge < -0.3 is 9.73 Å². The number of rotatable bonds is 4. The van der Waals surface area contributed by atoms with E-state index in [4.69, 9.17) is 16.0 Å². The quantitative estimate of drug-likeness (QED) is 0.848. The van der Waals surface area contributed by atoms with E-state index in [1.807, 2.05) is 0 Å². The summed E-state index contributed by atoms with van der Waals surface area (Å²) in [7, 11) is 0. The smallest absolute Gasteiger partial charge is 0.325 e. The molecular formula is C15H13ClN3O3+. The highest BCUT2D eigenvalue weighted by Gasteiger charge is 2.35. The Hall–Kier alpha value is -2.47. The third-order valence-electron chi connectivity index (χ3n) is 3.31. The lowest BCUT2D eigenvalue weighted by molar-refractivity contribution is -0.437. The Morgan fingerprint density at radius 3 is 3.09 bits per heavy atom. The van der Waals surface area contributed by atoms with Crippen molar-refractivity contribution in [3.05, 3.63) is 47.4 Å². The largest absolute Gasteiger partial charge is 0.467 e. The zero-order valence-corrected chi connectivity index (χ0v) is 12.3. The number of allylic oxidation sites excluding steroid dienone is 3. The maximum atomic E-state index is 12.4. The molecule has 1 N–H and O–H groups in total. The van der Waals surface area contributed by atoms with Crippen LogP contribution in [-0.4, -0.2) is 35.0 Å². The second-order valence-corrected chi connectivity index (χ2v) is 5.29. The summed E-state index contributed by atoms with van der Waals surface area (Å²) >= 11 is 5.91. The molecule has 0 aromatic carbocycles. The van der Waals surface area contributed by atoms with Crippen LogP contribution in [0.4, 0.5) is 0 Å². The number of hydrogen-bond acceptors (Lipinski definition) is 4. The summed E-state index contributed by atoms with van der Waals surface area (Å²) in [5.74, 6) is -0.392. The summed E-state index contributed by atoms with van der Waals surface area (Å²) in [5.41, 5.74) is 0.627. The van der Waals surface area contributed by atoms with Gasteiger partial charge in [-0.05, 0) is 30.4 Å². The Morgan fingerprint density at radius 1 is 1.45 bits per heavy atom. The Morgan fingerprint density at radius 2 is 2.32 bits per heavy atom. The molecule has 2 heterocycles. The predicted molar refractivity (Wildman–Crippen MR) is 80.8 cm³/mol. The van der Waals surface area contributed by atoms with Crippen LogP contribution in [0.15, 0.2) is 51.1 Å². The highest BCUT2D eigenvalue weighted by molar-refractivity contribution is 6.33. The molecule has 2 amide bonds. The van der Waals surface area contributed by atoms with Gasteiger partial charge in [0, 0.05) is 5.03 Å². The van der Waals surface area contributed by atoms with E-state index >= 15 is 0 Å². The second-order valence-electron chi connectivity index (χ2n) is 4.85. The van der Waals surface area contributed by atoms with E-state index in [-0.39, 0.29) is 24.9 Å². The molecule has 1 atom stereocenters. The van der Waals surface area contributed by atoms with E-state index in [9.17, 15) is 9.59 Å². The van der Waals surface area contributed by atoms with Crippen molar-refractivity contribution in [2.45, 2.75) is 6.54 Å². The third-order valence-corrected chi connectivity index (χ3v) is 3.56. The molecule has 0 radical (unpaired) electrons. The molecule has 1 aliphatic heterocycles. The minimum atomic E-state index is -0.527. The average Bonchev–Trinajstić information content (AvgIpc) is 3.02. The van der Waals surface area contributed by atoms with Crippen molar-refractivity contribution >= 4 is 35.5 Å². The van der Waals surface area contributed by atoms with Crippen LogP contribution in [0, 0.1) is 5.92 Å². The number of fused-ring (bicyclic) bond motifs is 1. The van der Waals surface area contributed by atoms with E-state index in [0.29, 0.717) is 16.5 Å². The molecule has 0 bridgehead atoms. The molecule has 6 nitrogen and oxygen atoms in total. The van der Waals surface area contributed by atoms with Gasteiger partial charge in [0.2, 0.25) is 0 Å². The SMILES string of the molecule is O=C(C[N+]1=CN=C2C=CC(Cl)=CC2C1=O)NCc1ccco1. The minimum absolute atomic E-state index is 0.0952. The molecule has 3 rings (SSSR count). The molecule has 7 heteroatoms. The number of nitrogens with zero attached hydrogens (tertiary/aromatic N) is 2. The first-order valence-corrected chi connectivity index (χ1v) is 7.07. The maximum absolute atomic E-state index is 12.4. The van der Waals surface area contributed by atoms with Crippen molar-refractivity contribution in [2.24, 2.45) is 10.9 Å². The number of amides is 2. The summed E-state index contributed by atoms with van der Waals surface area (Å²) in [6, 6.07) is 3.50. The Labute approximate surface area is 131 Å². The van der Waals surface area contributed by atoms with Crippen molar-refractivity contribution in [2.75, 3.05) is 6.54 Å². The summed E-state index contributed by atoms with van der Waals surface area (Å²) in [6.07, 6.45) is 7.92. The van der Waals surface area contributed by atoms with E-state index < -0.39 is 5.92 Å². The highest BCUT2D eigenvalue weighted by Crippen LogP contribution is 2.20. The van der Waals surface area contributed by atoms with Crippen molar-refractivity contribution in [3.63, 3.8) is 0 Å². The molecule has 1 aromatic heterocycles. The van der Waals surface area contributed by atoms with Crippen LogP contribution in [-0.2, 0) is 16.1 Å². The van der Waals surface area contributed by atoms with E-state index in [1.54, 1.807) is 30.4 Å². The van der Waals surface area contributed by atoms with Gasteiger partial charge in [-0.2, -0.15) is 4.58 Å². The lowest BCUT2D eigenvalue weighted by Crippen LogP contribution is -2.41. The molecule has 1 aliphatic carbocycles. The molecule has 22 heavy (non-hydrogen) atoms. The van der Waals surface area contributed by atoms with Crippen LogP contribution in [0.25, 0.3) is 0 Å². The van der Waals surface area contributed by atoms with Crippen LogP contribution in [0.1, 0.15) is 5.76 Å². The number of hydrogen-bond donors (Lipinski definition) is 1. The van der Waals surface area contributed by atoms with Crippen molar-refractivity contribution in [3.8, 4) is 0 Å². The van der Waals surface area contributed by atoms with Crippen LogP contribution >= 0.6 is 11.6 Å². The number of halogens is 1. The van der Waals surface area contributed by atoms with Crippen LogP contribution in [0.5, 0.6) is 0 Å². The van der Waals surface area contributed by atoms with Gasteiger partial charge in [-0.3, -0.25) is 4.79 Å². The summed E-state index contributed by atoms with van der Waals surface area (Å²) in [5, 5.41) is 3.17. The zero-order chi connectivity index (χ0) is 15.5. The van der Waals surface area contributed by atoms with Crippen molar-refractivity contribution in [1.29, 1.82) is 0 Å². The lowest BCUT2D eigenvalue weighted by atomic mass is 9.96. The molecule has 0 spiro atoms. The Bertz CT molecular complexity index is 729.